The Morgan fingerprint density at radius 3 is 2.32 bits per heavy atom. The van der Waals surface area contributed by atoms with E-state index < -0.39 is 0 Å². The van der Waals surface area contributed by atoms with Crippen LogP contribution in [0.4, 0.5) is 17.1 Å². The fraction of sp³-hybridized carbons (Fsp3) is 0.208. The highest BCUT2D eigenvalue weighted by Gasteiger charge is 2.17. The first kappa shape index (κ1) is 18.1. The second kappa shape index (κ2) is 7.77. The summed E-state index contributed by atoms with van der Waals surface area (Å²) in [7, 11) is 3.94. The van der Waals surface area contributed by atoms with Gasteiger partial charge in [-0.2, -0.15) is 0 Å². The third kappa shape index (κ3) is 3.72. The lowest BCUT2D eigenvalue weighted by molar-refractivity contribution is 0.102. The average molecular weight is 371 g/mol. The first-order valence-corrected chi connectivity index (χ1v) is 9.61. The molecule has 0 bridgehead atoms. The molecule has 4 heteroatoms. The molecule has 0 saturated heterocycles. The van der Waals surface area contributed by atoms with Crippen LogP contribution >= 0.6 is 0 Å². The summed E-state index contributed by atoms with van der Waals surface area (Å²) < 4.78 is 0. The van der Waals surface area contributed by atoms with E-state index in [0.29, 0.717) is 5.56 Å². The lowest BCUT2D eigenvalue weighted by atomic mass is 9.99. The number of carbonyl (C=O) groups is 1. The van der Waals surface area contributed by atoms with Crippen LogP contribution in [0, 0.1) is 0 Å². The molecule has 3 aromatic rings. The predicted molar refractivity (Wildman–Crippen MR) is 116 cm³/mol. The minimum Gasteiger partial charge on any atom is -0.376 e. The number of nitrogens with one attached hydrogen (secondary N) is 1. The summed E-state index contributed by atoms with van der Waals surface area (Å²) >= 11 is 0. The van der Waals surface area contributed by atoms with E-state index in [1.54, 1.807) is 0 Å². The van der Waals surface area contributed by atoms with Crippen molar-refractivity contribution in [3.63, 3.8) is 0 Å². The molecule has 4 nitrogen and oxygen atoms in total. The Labute approximate surface area is 166 Å². The second-order valence-corrected chi connectivity index (χ2v) is 7.35. The number of fused-ring (bicyclic) bond motifs is 1. The van der Waals surface area contributed by atoms with Gasteiger partial charge in [0.15, 0.2) is 0 Å². The molecule has 1 heterocycles. The van der Waals surface area contributed by atoms with Crippen molar-refractivity contribution in [2.45, 2.75) is 13.0 Å². The molecule has 0 fully saturated rings. The lowest BCUT2D eigenvalue weighted by Crippen LogP contribution is -2.30. The lowest BCUT2D eigenvalue weighted by Gasteiger charge is -2.30. The largest absolute Gasteiger partial charge is 0.376 e. The first-order valence-electron chi connectivity index (χ1n) is 9.61. The van der Waals surface area contributed by atoms with Crippen molar-refractivity contribution in [3.8, 4) is 0 Å². The zero-order chi connectivity index (χ0) is 19.5. The fourth-order valence-electron chi connectivity index (χ4n) is 3.70. The van der Waals surface area contributed by atoms with Crippen LogP contribution in [0.5, 0.6) is 0 Å². The summed E-state index contributed by atoms with van der Waals surface area (Å²) in [5.41, 5.74) is 6.44. The molecular formula is C24H25N3O. The highest BCUT2D eigenvalue weighted by atomic mass is 16.1. The quantitative estimate of drug-likeness (QED) is 0.730. The Morgan fingerprint density at radius 2 is 1.57 bits per heavy atom. The topological polar surface area (TPSA) is 35.6 Å². The maximum absolute atomic E-state index is 12.7. The van der Waals surface area contributed by atoms with E-state index in [2.05, 4.69) is 34.5 Å². The SMILES string of the molecule is CN(C)c1ccccc1NC(=O)c1ccc(N2CCc3ccccc3C2)cc1. The molecule has 3 aromatic carbocycles. The van der Waals surface area contributed by atoms with Crippen LogP contribution in [0.2, 0.25) is 0 Å². The molecule has 0 radical (unpaired) electrons. The van der Waals surface area contributed by atoms with E-state index in [1.807, 2.05) is 67.5 Å². The van der Waals surface area contributed by atoms with E-state index in [-0.39, 0.29) is 5.91 Å². The minimum absolute atomic E-state index is 0.0927. The summed E-state index contributed by atoms with van der Waals surface area (Å²) in [6.07, 6.45) is 1.06. The first-order chi connectivity index (χ1) is 13.6. The van der Waals surface area contributed by atoms with Gasteiger partial charge in [0, 0.05) is 38.4 Å². The third-order valence-electron chi connectivity index (χ3n) is 5.26. The number of carbonyl (C=O) groups excluding carboxylic acids is 1. The Hall–Kier alpha value is -3.27. The van der Waals surface area contributed by atoms with Crippen molar-refractivity contribution >= 4 is 23.0 Å². The maximum atomic E-state index is 12.7. The number of anilines is 3. The molecule has 4 rings (SSSR count). The summed E-state index contributed by atoms with van der Waals surface area (Å²) in [5.74, 6) is -0.0927. The summed E-state index contributed by atoms with van der Waals surface area (Å²) in [6.45, 7) is 1.91. The molecule has 0 atom stereocenters. The molecule has 0 aliphatic carbocycles. The highest BCUT2D eigenvalue weighted by Crippen LogP contribution is 2.26. The Morgan fingerprint density at radius 1 is 0.893 bits per heavy atom. The van der Waals surface area contributed by atoms with Gasteiger partial charge in [-0.05, 0) is 53.9 Å². The number of rotatable bonds is 4. The molecule has 0 unspecified atom stereocenters. The van der Waals surface area contributed by atoms with E-state index in [0.717, 1.165) is 36.6 Å². The number of hydrogen-bond acceptors (Lipinski definition) is 3. The molecule has 1 aliphatic heterocycles. The predicted octanol–water partition coefficient (Wildman–Crippen LogP) is 4.57. The minimum atomic E-state index is -0.0927. The van der Waals surface area contributed by atoms with Crippen LogP contribution in [0.25, 0.3) is 0 Å². The van der Waals surface area contributed by atoms with Crippen LogP contribution in [0.15, 0.2) is 72.8 Å². The standard InChI is InChI=1S/C24H25N3O/c1-26(2)23-10-6-5-9-22(23)25-24(28)19-11-13-21(14-12-19)27-16-15-18-7-3-4-8-20(18)17-27/h3-14H,15-17H2,1-2H3,(H,25,28). The Bertz CT molecular complexity index is 979. The summed E-state index contributed by atoms with van der Waals surface area (Å²) in [4.78, 5) is 17.1. The second-order valence-electron chi connectivity index (χ2n) is 7.35. The van der Waals surface area contributed by atoms with Gasteiger partial charge in [0.25, 0.3) is 5.91 Å². The zero-order valence-corrected chi connectivity index (χ0v) is 16.4. The van der Waals surface area contributed by atoms with Crippen LogP contribution in [0.3, 0.4) is 0 Å². The van der Waals surface area contributed by atoms with Gasteiger partial charge < -0.3 is 15.1 Å². The Kier molecular flexibility index (Phi) is 5.02. The van der Waals surface area contributed by atoms with E-state index in [4.69, 9.17) is 0 Å². The van der Waals surface area contributed by atoms with Crippen LogP contribution < -0.4 is 15.1 Å². The van der Waals surface area contributed by atoms with Crippen LogP contribution in [-0.4, -0.2) is 26.5 Å². The van der Waals surface area contributed by atoms with Crippen molar-refractivity contribution in [1.82, 2.24) is 0 Å². The molecule has 142 valence electrons. The van der Waals surface area contributed by atoms with E-state index in [1.165, 1.54) is 11.1 Å². The number of hydrogen-bond donors (Lipinski definition) is 1. The fourth-order valence-corrected chi connectivity index (χ4v) is 3.70. The third-order valence-corrected chi connectivity index (χ3v) is 5.26. The van der Waals surface area contributed by atoms with Gasteiger partial charge in [-0.15, -0.1) is 0 Å². The van der Waals surface area contributed by atoms with E-state index in [9.17, 15) is 4.79 Å². The van der Waals surface area contributed by atoms with Gasteiger partial charge in [0.2, 0.25) is 0 Å². The van der Waals surface area contributed by atoms with Gasteiger partial charge in [-0.1, -0.05) is 36.4 Å². The molecular weight excluding hydrogens is 346 g/mol. The highest BCUT2D eigenvalue weighted by molar-refractivity contribution is 6.06. The molecule has 1 N–H and O–H groups in total. The number of nitrogens with zero attached hydrogens (tertiary/aromatic N) is 2. The maximum Gasteiger partial charge on any atom is 0.255 e. The van der Waals surface area contributed by atoms with Crippen molar-refractivity contribution < 1.29 is 4.79 Å². The van der Waals surface area contributed by atoms with Crippen LogP contribution in [-0.2, 0) is 13.0 Å². The van der Waals surface area contributed by atoms with Gasteiger partial charge in [-0.3, -0.25) is 4.79 Å². The molecule has 0 spiro atoms. The molecule has 1 amide bonds. The molecule has 28 heavy (non-hydrogen) atoms. The molecule has 0 saturated carbocycles. The number of amides is 1. The summed E-state index contributed by atoms with van der Waals surface area (Å²) in [5, 5.41) is 3.03. The van der Waals surface area contributed by atoms with Gasteiger partial charge in [0.1, 0.15) is 0 Å². The summed E-state index contributed by atoms with van der Waals surface area (Å²) in [6, 6.07) is 24.3. The molecule has 1 aliphatic rings. The van der Waals surface area contributed by atoms with Crippen molar-refractivity contribution in [3.05, 3.63) is 89.5 Å². The van der Waals surface area contributed by atoms with Crippen LogP contribution in [0.1, 0.15) is 21.5 Å². The number of para-hydroxylation sites is 2. The van der Waals surface area contributed by atoms with Gasteiger partial charge >= 0.3 is 0 Å². The smallest absolute Gasteiger partial charge is 0.255 e. The normalized spacial score (nSPS) is 13.0. The van der Waals surface area contributed by atoms with Crippen molar-refractivity contribution in [2.75, 3.05) is 35.8 Å². The number of benzene rings is 3. The van der Waals surface area contributed by atoms with E-state index >= 15 is 0 Å². The Balaban J connectivity index is 1.47. The van der Waals surface area contributed by atoms with Gasteiger partial charge in [-0.25, -0.2) is 0 Å². The van der Waals surface area contributed by atoms with Crippen molar-refractivity contribution in [2.24, 2.45) is 0 Å². The monoisotopic (exact) mass is 371 g/mol. The molecule has 0 aromatic heterocycles. The average Bonchev–Trinajstić information content (AvgIpc) is 2.73. The zero-order valence-electron chi connectivity index (χ0n) is 16.4. The van der Waals surface area contributed by atoms with Crippen molar-refractivity contribution in [1.29, 1.82) is 0 Å². The van der Waals surface area contributed by atoms with Gasteiger partial charge in [0.05, 0.1) is 11.4 Å².